The SMILES string of the molecule is CS(=O)(=O)c1cccc(-c2ccnc(N[C@@H]3CCCC[C@H]3N[C@H]3CCCN(c4ccc(N)cc4)C3)c2)c1. The number of anilines is 3. The van der Waals surface area contributed by atoms with Crippen molar-refractivity contribution in [3.63, 3.8) is 0 Å². The zero-order valence-corrected chi connectivity index (χ0v) is 22.3. The van der Waals surface area contributed by atoms with Crippen LogP contribution in [0.2, 0.25) is 0 Å². The van der Waals surface area contributed by atoms with Crippen molar-refractivity contribution in [3.8, 4) is 11.1 Å². The number of aromatic nitrogens is 1. The van der Waals surface area contributed by atoms with Gasteiger partial charge in [-0.3, -0.25) is 0 Å². The van der Waals surface area contributed by atoms with E-state index in [1.807, 2.05) is 30.3 Å². The third-order valence-corrected chi connectivity index (χ3v) is 8.69. The van der Waals surface area contributed by atoms with E-state index in [-0.39, 0.29) is 0 Å². The van der Waals surface area contributed by atoms with E-state index < -0.39 is 9.84 Å². The lowest BCUT2D eigenvalue weighted by molar-refractivity contribution is 0.293. The maximum Gasteiger partial charge on any atom is 0.175 e. The number of hydrogen-bond donors (Lipinski definition) is 3. The van der Waals surface area contributed by atoms with Gasteiger partial charge in [0.25, 0.3) is 0 Å². The van der Waals surface area contributed by atoms with Crippen molar-refractivity contribution < 1.29 is 8.42 Å². The number of sulfone groups is 1. The smallest absolute Gasteiger partial charge is 0.175 e. The molecule has 3 atom stereocenters. The predicted octanol–water partition coefficient (Wildman–Crippen LogP) is 4.72. The quantitative estimate of drug-likeness (QED) is 0.389. The Hall–Kier alpha value is -3.10. The van der Waals surface area contributed by atoms with Crippen LogP contribution in [0.3, 0.4) is 0 Å². The molecule has 8 heteroatoms. The van der Waals surface area contributed by atoms with Crippen LogP contribution in [0, 0.1) is 0 Å². The first-order valence-electron chi connectivity index (χ1n) is 13.2. The Morgan fingerprint density at radius 2 is 1.68 bits per heavy atom. The van der Waals surface area contributed by atoms with Gasteiger partial charge in [-0.25, -0.2) is 13.4 Å². The van der Waals surface area contributed by atoms with E-state index in [9.17, 15) is 8.42 Å². The predicted molar refractivity (Wildman–Crippen MR) is 152 cm³/mol. The summed E-state index contributed by atoms with van der Waals surface area (Å²) in [6.45, 7) is 2.07. The zero-order chi connectivity index (χ0) is 25.8. The van der Waals surface area contributed by atoms with Crippen molar-refractivity contribution in [2.45, 2.75) is 61.5 Å². The van der Waals surface area contributed by atoms with Crippen LogP contribution in [-0.2, 0) is 9.84 Å². The van der Waals surface area contributed by atoms with Crippen molar-refractivity contribution in [2.24, 2.45) is 0 Å². The van der Waals surface area contributed by atoms with Crippen LogP contribution in [-0.4, -0.2) is 50.9 Å². The van der Waals surface area contributed by atoms with Crippen LogP contribution in [0.5, 0.6) is 0 Å². The monoisotopic (exact) mass is 519 g/mol. The fraction of sp³-hybridized carbons (Fsp3) is 0.414. The summed E-state index contributed by atoms with van der Waals surface area (Å²) in [7, 11) is -3.26. The summed E-state index contributed by atoms with van der Waals surface area (Å²) in [4.78, 5) is 7.38. The number of benzene rings is 2. The number of nitrogens with one attached hydrogen (secondary N) is 2. The second-order valence-corrected chi connectivity index (χ2v) is 12.4. The summed E-state index contributed by atoms with van der Waals surface area (Å²) in [6.07, 6.45) is 10.1. The van der Waals surface area contributed by atoms with Crippen molar-refractivity contribution in [2.75, 3.05) is 35.3 Å². The molecule has 0 spiro atoms. The molecule has 1 aliphatic carbocycles. The third-order valence-electron chi connectivity index (χ3n) is 7.58. The van der Waals surface area contributed by atoms with Crippen molar-refractivity contribution in [1.29, 1.82) is 0 Å². The minimum atomic E-state index is -3.26. The maximum atomic E-state index is 12.0. The zero-order valence-electron chi connectivity index (χ0n) is 21.4. The number of nitrogens with two attached hydrogens (primary N) is 1. The van der Waals surface area contributed by atoms with E-state index in [0.717, 1.165) is 48.6 Å². The molecule has 2 aliphatic rings. The fourth-order valence-electron chi connectivity index (χ4n) is 5.62. The van der Waals surface area contributed by atoms with Gasteiger partial charge in [-0.2, -0.15) is 0 Å². The largest absolute Gasteiger partial charge is 0.399 e. The Balaban J connectivity index is 1.27. The molecule has 5 rings (SSSR count). The number of piperidine rings is 1. The molecule has 2 aromatic carbocycles. The van der Waals surface area contributed by atoms with Crippen LogP contribution in [0.4, 0.5) is 17.2 Å². The molecule has 37 heavy (non-hydrogen) atoms. The van der Waals surface area contributed by atoms with Gasteiger partial charge in [-0.1, -0.05) is 25.0 Å². The standard InChI is InChI=1S/C29H37N5O2S/c1-37(35,36)26-8-4-6-21(18-26)22-15-16-31-29(19-22)33-28-10-3-2-9-27(28)32-24-7-5-17-34(20-24)25-13-11-23(30)12-14-25/h4,6,8,11-16,18-19,24,27-28,32H,2-3,5,7,9-10,17,20,30H2,1H3,(H,31,33)/t24-,27+,28+/m0/s1. The average molecular weight is 520 g/mol. The molecule has 3 aromatic rings. The minimum Gasteiger partial charge on any atom is -0.399 e. The number of hydrogen-bond acceptors (Lipinski definition) is 7. The second kappa shape index (κ2) is 11.1. The summed E-state index contributed by atoms with van der Waals surface area (Å²) < 4.78 is 24.0. The van der Waals surface area contributed by atoms with Crippen molar-refractivity contribution in [1.82, 2.24) is 10.3 Å². The van der Waals surface area contributed by atoms with E-state index >= 15 is 0 Å². The molecule has 0 radical (unpaired) electrons. The molecular formula is C29H37N5O2S. The highest BCUT2D eigenvalue weighted by Gasteiger charge is 2.29. The van der Waals surface area contributed by atoms with Gasteiger partial charge in [0.2, 0.25) is 0 Å². The molecule has 4 N–H and O–H groups in total. The highest BCUT2D eigenvalue weighted by atomic mass is 32.2. The van der Waals surface area contributed by atoms with Crippen LogP contribution in [0.15, 0.2) is 71.8 Å². The van der Waals surface area contributed by atoms with Gasteiger partial charge in [0, 0.05) is 55.0 Å². The number of nitrogen functional groups attached to an aromatic ring is 1. The normalized spacial score (nSPS) is 22.5. The van der Waals surface area contributed by atoms with Gasteiger partial charge >= 0.3 is 0 Å². The molecule has 2 heterocycles. The second-order valence-electron chi connectivity index (χ2n) is 10.4. The fourth-order valence-corrected chi connectivity index (χ4v) is 6.29. The van der Waals surface area contributed by atoms with Crippen molar-refractivity contribution in [3.05, 3.63) is 66.9 Å². The van der Waals surface area contributed by atoms with E-state index in [2.05, 4.69) is 32.7 Å². The van der Waals surface area contributed by atoms with E-state index in [1.165, 1.54) is 37.6 Å². The summed E-state index contributed by atoms with van der Waals surface area (Å²) >= 11 is 0. The maximum absolute atomic E-state index is 12.0. The molecule has 1 saturated heterocycles. The molecule has 0 unspecified atom stereocenters. The third kappa shape index (κ3) is 6.43. The van der Waals surface area contributed by atoms with Gasteiger partial charge < -0.3 is 21.3 Å². The number of rotatable bonds is 7. The lowest BCUT2D eigenvalue weighted by Gasteiger charge is -2.40. The van der Waals surface area contributed by atoms with Crippen LogP contribution in [0.1, 0.15) is 38.5 Å². The summed E-state index contributed by atoms with van der Waals surface area (Å²) in [5, 5.41) is 7.69. The molecule has 1 aromatic heterocycles. The Kier molecular flexibility index (Phi) is 7.67. The Morgan fingerprint density at radius 3 is 2.46 bits per heavy atom. The number of nitrogens with zero attached hydrogens (tertiary/aromatic N) is 2. The molecule has 0 bridgehead atoms. The van der Waals surface area contributed by atoms with Gasteiger partial charge in [-0.05, 0) is 85.3 Å². The Bertz CT molecular complexity index is 1310. The number of pyridine rings is 1. The first-order chi connectivity index (χ1) is 17.8. The highest BCUT2D eigenvalue weighted by Crippen LogP contribution is 2.28. The van der Waals surface area contributed by atoms with E-state index in [4.69, 9.17) is 5.73 Å². The lowest BCUT2D eigenvalue weighted by atomic mass is 9.89. The summed E-state index contributed by atoms with van der Waals surface area (Å²) in [6, 6.07) is 20.4. The molecule has 1 aliphatic heterocycles. The Labute approximate surface area is 220 Å². The summed E-state index contributed by atoms with van der Waals surface area (Å²) in [5.41, 5.74) is 9.74. The molecular weight excluding hydrogens is 482 g/mol. The van der Waals surface area contributed by atoms with Gasteiger partial charge in [0.05, 0.1) is 4.90 Å². The molecule has 2 fully saturated rings. The summed E-state index contributed by atoms with van der Waals surface area (Å²) in [5.74, 6) is 0.827. The topological polar surface area (TPSA) is 100 Å². The van der Waals surface area contributed by atoms with Crippen LogP contribution in [0.25, 0.3) is 11.1 Å². The molecule has 0 amide bonds. The highest BCUT2D eigenvalue weighted by molar-refractivity contribution is 7.90. The van der Waals surface area contributed by atoms with Gasteiger partial charge in [-0.15, -0.1) is 0 Å². The van der Waals surface area contributed by atoms with Gasteiger partial charge in [0.1, 0.15) is 5.82 Å². The lowest BCUT2D eigenvalue weighted by Crippen LogP contribution is -2.54. The minimum absolute atomic E-state index is 0.297. The molecule has 1 saturated carbocycles. The van der Waals surface area contributed by atoms with Crippen molar-refractivity contribution >= 4 is 27.0 Å². The Morgan fingerprint density at radius 1 is 0.919 bits per heavy atom. The van der Waals surface area contributed by atoms with Crippen LogP contribution >= 0.6 is 0 Å². The van der Waals surface area contributed by atoms with E-state index in [0.29, 0.717) is 23.0 Å². The first-order valence-corrected chi connectivity index (χ1v) is 15.1. The van der Waals surface area contributed by atoms with Gasteiger partial charge in [0.15, 0.2) is 9.84 Å². The van der Waals surface area contributed by atoms with E-state index in [1.54, 1.807) is 24.4 Å². The first kappa shape index (κ1) is 25.5. The molecule has 7 nitrogen and oxygen atoms in total. The van der Waals surface area contributed by atoms with Crippen LogP contribution < -0.4 is 21.3 Å². The average Bonchev–Trinajstić information content (AvgIpc) is 2.90. The molecule has 196 valence electrons.